The number of aromatic nitrogens is 4. The molecule has 31 heavy (non-hydrogen) atoms. The van der Waals surface area contributed by atoms with Crippen molar-refractivity contribution in [2.45, 2.75) is 37.6 Å². The number of hydrogen-bond acceptors (Lipinski definition) is 7. The maximum Gasteiger partial charge on any atom is 0.241 e. The molecular weight excluding hydrogens is 390 g/mol. The molecule has 8 nitrogen and oxygen atoms in total. The van der Waals surface area contributed by atoms with Crippen LogP contribution in [0, 0.1) is 5.92 Å². The molecule has 0 bridgehead atoms. The highest BCUT2D eigenvalue weighted by molar-refractivity contribution is 5.82. The van der Waals surface area contributed by atoms with E-state index >= 15 is 0 Å². The minimum absolute atomic E-state index is 0.122. The molecule has 8 heteroatoms. The number of anilines is 2. The normalized spacial score (nSPS) is 19.4. The van der Waals surface area contributed by atoms with Gasteiger partial charge in [0.2, 0.25) is 17.8 Å². The van der Waals surface area contributed by atoms with Crippen LogP contribution in [0.1, 0.15) is 48.9 Å². The lowest BCUT2D eigenvalue weighted by Gasteiger charge is -2.28. The number of carbonyl (C=O) groups excluding carboxylic acids is 1. The summed E-state index contributed by atoms with van der Waals surface area (Å²) in [5.41, 5.74) is 7.94. The number of carbonyl (C=O) groups is 1. The zero-order chi connectivity index (χ0) is 21.5. The number of nitrogens with two attached hydrogens (primary N) is 1. The summed E-state index contributed by atoms with van der Waals surface area (Å²) in [5.74, 6) is 1.71. The Morgan fingerprint density at radius 1 is 0.935 bits per heavy atom. The number of benzene rings is 1. The van der Waals surface area contributed by atoms with Crippen molar-refractivity contribution in [3.8, 4) is 0 Å². The van der Waals surface area contributed by atoms with Gasteiger partial charge in [-0.15, -0.1) is 0 Å². The van der Waals surface area contributed by atoms with Gasteiger partial charge >= 0.3 is 0 Å². The van der Waals surface area contributed by atoms with Crippen molar-refractivity contribution in [3.63, 3.8) is 0 Å². The van der Waals surface area contributed by atoms with E-state index in [9.17, 15) is 4.79 Å². The zero-order valence-electron chi connectivity index (χ0n) is 17.3. The topological polar surface area (TPSA) is 119 Å². The Kier molecular flexibility index (Phi) is 6.78. The van der Waals surface area contributed by atoms with Gasteiger partial charge in [0.25, 0.3) is 0 Å². The van der Waals surface area contributed by atoms with Crippen LogP contribution < -0.4 is 16.4 Å². The van der Waals surface area contributed by atoms with Crippen LogP contribution >= 0.6 is 0 Å². The lowest BCUT2D eigenvalue weighted by Crippen LogP contribution is -2.37. The molecule has 0 saturated heterocycles. The molecule has 1 aromatic carbocycles. The van der Waals surface area contributed by atoms with E-state index in [0.29, 0.717) is 30.3 Å². The van der Waals surface area contributed by atoms with E-state index < -0.39 is 6.04 Å². The van der Waals surface area contributed by atoms with Gasteiger partial charge in [-0.25, -0.2) is 19.9 Å². The first kappa shape index (κ1) is 20.9. The van der Waals surface area contributed by atoms with E-state index in [4.69, 9.17) is 5.73 Å². The second kappa shape index (κ2) is 10.1. The summed E-state index contributed by atoms with van der Waals surface area (Å²) >= 11 is 0. The first-order chi connectivity index (χ1) is 15.2. The summed E-state index contributed by atoms with van der Waals surface area (Å²) in [7, 11) is 0. The molecule has 1 saturated carbocycles. The molecule has 4 N–H and O–H groups in total. The van der Waals surface area contributed by atoms with Gasteiger partial charge in [-0.3, -0.25) is 10.1 Å². The van der Waals surface area contributed by atoms with Crippen molar-refractivity contribution >= 4 is 17.8 Å². The second-order valence-corrected chi connectivity index (χ2v) is 7.85. The van der Waals surface area contributed by atoms with Gasteiger partial charge in [-0.1, -0.05) is 30.3 Å². The van der Waals surface area contributed by atoms with Crippen molar-refractivity contribution in [2.75, 3.05) is 11.9 Å². The van der Waals surface area contributed by atoms with Crippen molar-refractivity contribution in [2.24, 2.45) is 11.7 Å². The Balaban J connectivity index is 1.26. The molecule has 1 aliphatic rings. The summed E-state index contributed by atoms with van der Waals surface area (Å²) in [6.45, 7) is 0.661. The van der Waals surface area contributed by atoms with Crippen LogP contribution in [0.25, 0.3) is 0 Å². The summed E-state index contributed by atoms with van der Waals surface area (Å²) in [6.07, 6.45) is 9.26. The number of nitrogens with zero attached hydrogens (tertiary/aromatic N) is 4. The third-order valence-electron chi connectivity index (χ3n) is 5.74. The average molecular weight is 418 g/mol. The maximum atomic E-state index is 12.4. The average Bonchev–Trinajstić information content (AvgIpc) is 2.84. The Hall–Kier alpha value is -3.39. The molecular formula is C23H27N7O. The smallest absolute Gasteiger partial charge is 0.241 e. The first-order valence-corrected chi connectivity index (χ1v) is 10.6. The molecule has 160 valence electrons. The molecule has 1 amide bonds. The van der Waals surface area contributed by atoms with Crippen LogP contribution in [0.5, 0.6) is 0 Å². The molecule has 1 aliphatic carbocycles. The number of rotatable bonds is 7. The molecule has 0 aliphatic heterocycles. The Labute approximate surface area is 181 Å². The third kappa shape index (κ3) is 5.61. The highest BCUT2D eigenvalue weighted by Gasteiger charge is 2.25. The maximum absolute atomic E-state index is 12.4. The fraction of sp³-hybridized carbons (Fsp3) is 0.348. The predicted molar refractivity (Wildman–Crippen MR) is 118 cm³/mol. The van der Waals surface area contributed by atoms with Crippen molar-refractivity contribution in [1.29, 1.82) is 0 Å². The van der Waals surface area contributed by atoms with E-state index in [-0.39, 0.29) is 5.91 Å². The Bertz CT molecular complexity index is 975. The zero-order valence-corrected chi connectivity index (χ0v) is 17.3. The number of amides is 1. The van der Waals surface area contributed by atoms with Crippen LogP contribution in [0.15, 0.2) is 61.1 Å². The predicted octanol–water partition coefficient (Wildman–Crippen LogP) is 3.10. The summed E-state index contributed by atoms with van der Waals surface area (Å²) in [5, 5.41) is 6.07. The minimum atomic E-state index is -0.627. The largest absolute Gasteiger partial charge is 0.354 e. The molecule has 1 atom stereocenters. The standard InChI is InChI=1S/C23H27N7O/c24-20(18-5-2-1-3-6-18)21(31)28-15-16-7-9-17(10-8-16)19-11-14-27-23(29-19)30-22-25-12-4-13-26-22/h1-6,11-14,16-17,20H,7-10,15,24H2,(H,28,31)(H,25,26,27,29,30)/t16?,17?,20-/m1/s1. The van der Waals surface area contributed by atoms with E-state index in [1.807, 2.05) is 36.4 Å². The summed E-state index contributed by atoms with van der Waals surface area (Å²) < 4.78 is 0. The third-order valence-corrected chi connectivity index (χ3v) is 5.74. The van der Waals surface area contributed by atoms with Gasteiger partial charge in [-0.2, -0.15) is 0 Å². The van der Waals surface area contributed by atoms with Gasteiger partial charge in [0, 0.05) is 36.7 Å². The lowest BCUT2D eigenvalue weighted by molar-refractivity contribution is -0.122. The van der Waals surface area contributed by atoms with Crippen molar-refractivity contribution in [3.05, 3.63) is 72.3 Å². The van der Waals surface area contributed by atoms with Crippen LogP contribution in [0.4, 0.5) is 11.9 Å². The number of hydrogen-bond donors (Lipinski definition) is 3. The van der Waals surface area contributed by atoms with E-state index in [1.54, 1.807) is 24.7 Å². The van der Waals surface area contributed by atoms with Crippen LogP contribution in [-0.2, 0) is 4.79 Å². The van der Waals surface area contributed by atoms with Crippen molar-refractivity contribution in [1.82, 2.24) is 25.3 Å². The van der Waals surface area contributed by atoms with Gasteiger partial charge < -0.3 is 11.1 Å². The molecule has 1 fully saturated rings. The highest BCUT2D eigenvalue weighted by atomic mass is 16.2. The molecule has 2 aromatic heterocycles. The van der Waals surface area contributed by atoms with E-state index in [0.717, 1.165) is 36.9 Å². The fourth-order valence-corrected chi connectivity index (χ4v) is 3.95. The van der Waals surface area contributed by atoms with Crippen LogP contribution in [-0.4, -0.2) is 32.4 Å². The second-order valence-electron chi connectivity index (χ2n) is 7.85. The fourth-order valence-electron chi connectivity index (χ4n) is 3.95. The Morgan fingerprint density at radius 3 is 2.39 bits per heavy atom. The molecule has 0 unspecified atom stereocenters. The number of nitrogens with one attached hydrogen (secondary N) is 2. The molecule has 2 heterocycles. The van der Waals surface area contributed by atoms with Gasteiger partial charge in [-0.05, 0) is 49.3 Å². The molecule has 3 aromatic rings. The monoisotopic (exact) mass is 417 g/mol. The molecule has 0 spiro atoms. The van der Waals surface area contributed by atoms with Crippen LogP contribution in [0.2, 0.25) is 0 Å². The molecule has 4 rings (SSSR count). The van der Waals surface area contributed by atoms with Crippen LogP contribution in [0.3, 0.4) is 0 Å². The van der Waals surface area contributed by atoms with Gasteiger partial charge in [0.1, 0.15) is 6.04 Å². The van der Waals surface area contributed by atoms with Gasteiger partial charge in [0.05, 0.1) is 0 Å². The van der Waals surface area contributed by atoms with E-state index in [1.165, 1.54) is 0 Å². The Morgan fingerprint density at radius 2 is 1.65 bits per heavy atom. The highest BCUT2D eigenvalue weighted by Crippen LogP contribution is 2.35. The quantitative estimate of drug-likeness (QED) is 0.540. The lowest BCUT2D eigenvalue weighted by atomic mass is 9.80. The van der Waals surface area contributed by atoms with Gasteiger partial charge in [0.15, 0.2) is 0 Å². The first-order valence-electron chi connectivity index (χ1n) is 10.6. The minimum Gasteiger partial charge on any atom is -0.354 e. The summed E-state index contributed by atoms with van der Waals surface area (Å²) in [4.78, 5) is 29.6. The van der Waals surface area contributed by atoms with E-state index in [2.05, 4.69) is 30.6 Å². The SMILES string of the molecule is N[C@@H](C(=O)NCC1CCC(c2ccnc(Nc3ncccn3)n2)CC1)c1ccccc1. The summed E-state index contributed by atoms with van der Waals surface area (Å²) in [6, 6.07) is 12.6. The van der Waals surface area contributed by atoms with Crippen molar-refractivity contribution < 1.29 is 4.79 Å². The molecule has 0 radical (unpaired) electrons.